The van der Waals surface area contributed by atoms with Crippen molar-refractivity contribution in [3.8, 4) is 0 Å². The van der Waals surface area contributed by atoms with Crippen molar-refractivity contribution in [2.45, 2.75) is 13.3 Å². The number of thiazole rings is 1. The van der Waals surface area contributed by atoms with E-state index in [9.17, 15) is 9.59 Å². The summed E-state index contributed by atoms with van der Waals surface area (Å²) < 4.78 is 5.30. The lowest BCUT2D eigenvalue weighted by molar-refractivity contribution is 0.0509. The molecule has 0 aliphatic carbocycles. The van der Waals surface area contributed by atoms with Crippen molar-refractivity contribution in [1.82, 2.24) is 4.98 Å². The quantitative estimate of drug-likeness (QED) is 0.496. The van der Waals surface area contributed by atoms with Crippen molar-refractivity contribution in [1.29, 1.82) is 0 Å². The van der Waals surface area contributed by atoms with E-state index in [0.29, 0.717) is 22.6 Å². The molecule has 0 fully saturated rings. The maximum Gasteiger partial charge on any atom is 0.338 e. The Morgan fingerprint density at radius 1 is 0.960 bits per heavy atom. The van der Waals surface area contributed by atoms with Gasteiger partial charge in [0.1, 0.15) is 0 Å². The highest BCUT2D eigenvalue weighted by Crippen LogP contribution is 2.21. The number of esters is 1. The van der Waals surface area contributed by atoms with Gasteiger partial charge in [-0.3, -0.25) is 4.79 Å². The molecule has 0 spiro atoms. The van der Waals surface area contributed by atoms with Gasteiger partial charge in [-0.2, -0.15) is 0 Å². The van der Waals surface area contributed by atoms with Gasteiger partial charge >= 0.3 is 5.97 Å². The third kappa shape index (κ3) is 4.19. The van der Waals surface area contributed by atoms with Gasteiger partial charge in [0.2, 0.25) is 5.78 Å². The lowest BCUT2D eigenvalue weighted by Crippen LogP contribution is -2.07. The van der Waals surface area contributed by atoms with E-state index in [1.54, 1.807) is 36.4 Å². The van der Waals surface area contributed by atoms with E-state index in [0.717, 1.165) is 10.6 Å². The molecule has 0 saturated carbocycles. The molecule has 0 saturated heterocycles. The first-order valence-corrected chi connectivity index (χ1v) is 8.75. The first-order valence-electron chi connectivity index (χ1n) is 7.93. The summed E-state index contributed by atoms with van der Waals surface area (Å²) in [4.78, 5) is 29.7. The van der Waals surface area contributed by atoms with Crippen LogP contribution in [0, 0.1) is 6.92 Å². The number of benzene rings is 2. The lowest BCUT2D eigenvalue weighted by atomic mass is 10.1. The molecule has 3 aromatic rings. The Kier molecular flexibility index (Phi) is 5.36. The van der Waals surface area contributed by atoms with Gasteiger partial charge in [0.05, 0.1) is 17.9 Å². The topological polar surface area (TPSA) is 56.3 Å². The molecule has 1 heterocycles. The van der Waals surface area contributed by atoms with Crippen molar-refractivity contribution in [3.63, 3.8) is 0 Å². The van der Waals surface area contributed by atoms with E-state index in [4.69, 9.17) is 4.74 Å². The van der Waals surface area contributed by atoms with Crippen LogP contribution in [0.3, 0.4) is 0 Å². The minimum Gasteiger partial charge on any atom is -0.462 e. The van der Waals surface area contributed by atoms with Crippen LogP contribution >= 0.6 is 11.3 Å². The number of hydrogen-bond donors (Lipinski definition) is 0. The number of aromatic nitrogens is 1. The number of carbonyl (C=O) groups excluding carboxylic acids is 2. The van der Waals surface area contributed by atoms with Crippen LogP contribution < -0.4 is 0 Å². The average Bonchev–Trinajstić information content (AvgIpc) is 3.03. The molecule has 0 aliphatic rings. The molecule has 0 bridgehead atoms. The SMILES string of the molecule is Cc1nc(C(=O)c2ccccc2)sc1CCOC(=O)c1ccccc1. The van der Waals surface area contributed by atoms with Gasteiger partial charge in [0.25, 0.3) is 0 Å². The van der Waals surface area contributed by atoms with Gasteiger partial charge in [-0.15, -0.1) is 11.3 Å². The molecule has 4 nitrogen and oxygen atoms in total. The van der Waals surface area contributed by atoms with E-state index >= 15 is 0 Å². The van der Waals surface area contributed by atoms with E-state index in [-0.39, 0.29) is 18.4 Å². The second kappa shape index (κ2) is 7.85. The fourth-order valence-corrected chi connectivity index (χ4v) is 3.37. The third-order valence-corrected chi connectivity index (χ3v) is 4.91. The van der Waals surface area contributed by atoms with Crippen molar-refractivity contribution >= 4 is 23.1 Å². The van der Waals surface area contributed by atoms with Crippen molar-refractivity contribution in [2.75, 3.05) is 6.61 Å². The first-order chi connectivity index (χ1) is 12.1. The van der Waals surface area contributed by atoms with Crippen LogP contribution in [0.2, 0.25) is 0 Å². The zero-order valence-corrected chi connectivity index (χ0v) is 14.6. The molecule has 0 aliphatic heterocycles. The summed E-state index contributed by atoms with van der Waals surface area (Å²) in [6.45, 7) is 2.13. The molecule has 0 radical (unpaired) electrons. The highest BCUT2D eigenvalue weighted by molar-refractivity contribution is 7.13. The van der Waals surface area contributed by atoms with Crippen LogP contribution in [0.1, 0.15) is 36.3 Å². The summed E-state index contributed by atoms with van der Waals surface area (Å²) >= 11 is 1.36. The van der Waals surface area contributed by atoms with Crippen LogP contribution in [0.4, 0.5) is 0 Å². The smallest absolute Gasteiger partial charge is 0.338 e. The van der Waals surface area contributed by atoms with Crippen LogP contribution in [0.15, 0.2) is 60.7 Å². The molecule has 0 atom stereocenters. The van der Waals surface area contributed by atoms with E-state index in [1.165, 1.54) is 11.3 Å². The number of hydrogen-bond acceptors (Lipinski definition) is 5. The normalized spacial score (nSPS) is 10.4. The second-order valence-electron chi connectivity index (χ2n) is 5.47. The maximum atomic E-state index is 12.4. The summed E-state index contributed by atoms with van der Waals surface area (Å²) in [6, 6.07) is 18.0. The molecule has 25 heavy (non-hydrogen) atoms. The van der Waals surface area contributed by atoms with Gasteiger partial charge in [-0.25, -0.2) is 9.78 Å². The molecule has 1 aromatic heterocycles. The first kappa shape index (κ1) is 17.0. The zero-order valence-electron chi connectivity index (χ0n) is 13.8. The Morgan fingerprint density at radius 2 is 1.56 bits per heavy atom. The summed E-state index contributed by atoms with van der Waals surface area (Å²) in [5, 5.41) is 0.466. The Morgan fingerprint density at radius 3 is 2.20 bits per heavy atom. The van der Waals surface area contributed by atoms with Gasteiger partial charge in [0, 0.05) is 16.9 Å². The minimum absolute atomic E-state index is 0.0822. The summed E-state index contributed by atoms with van der Waals surface area (Å²) in [5.74, 6) is -0.426. The van der Waals surface area contributed by atoms with E-state index in [1.807, 2.05) is 31.2 Å². The lowest BCUT2D eigenvalue weighted by Gasteiger charge is -2.03. The number of carbonyl (C=O) groups is 2. The summed E-state index contributed by atoms with van der Waals surface area (Å²) in [5.41, 5.74) is 1.96. The molecule has 0 unspecified atom stereocenters. The molecule has 0 N–H and O–H groups in total. The van der Waals surface area contributed by atoms with E-state index in [2.05, 4.69) is 4.98 Å². The van der Waals surface area contributed by atoms with Gasteiger partial charge in [-0.05, 0) is 19.1 Å². The molecule has 3 rings (SSSR count). The van der Waals surface area contributed by atoms with Crippen molar-refractivity contribution < 1.29 is 14.3 Å². The number of aryl methyl sites for hydroxylation is 1. The highest BCUT2D eigenvalue weighted by atomic mass is 32.1. The molecule has 2 aromatic carbocycles. The fourth-order valence-electron chi connectivity index (χ4n) is 2.36. The molecule has 5 heteroatoms. The highest BCUT2D eigenvalue weighted by Gasteiger charge is 2.16. The van der Waals surface area contributed by atoms with E-state index < -0.39 is 0 Å². The second-order valence-corrected chi connectivity index (χ2v) is 6.56. The van der Waals surface area contributed by atoms with Crippen LogP contribution in [0.5, 0.6) is 0 Å². The zero-order chi connectivity index (χ0) is 17.6. The largest absolute Gasteiger partial charge is 0.462 e. The predicted octanol–water partition coefficient (Wildman–Crippen LogP) is 4.08. The fraction of sp³-hybridized carbons (Fsp3) is 0.150. The average molecular weight is 351 g/mol. The summed E-state index contributed by atoms with van der Waals surface area (Å²) in [6.07, 6.45) is 0.546. The van der Waals surface area contributed by atoms with Gasteiger partial charge in [0.15, 0.2) is 5.01 Å². The molecule has 126 valence electrons. The number of nitrogens with zero attached hydrogens (tertiary/aromatic N) is 1. The van der Waals surface area contributed by atoms with Gasteiger partial charge < -0.3 is 4.74 Å². The minimum atomic E-state index is -0.344. The predicted molar refractivity (Wildman–Crippen MR) is 97.2 cm³/mol. The summed E-state index contributed by atoms with van der Waals surface area (Å²) in [7, 11) is 0. The monoisotopic (exact) mass is 351 g/mol. The Hall–Kier alpha value is -2.79. The third-order valence-electron chi connectivity index (χ3n) is 3.69. The molecular weight excluding hydrogens is 334 g/mol. The Bertz CT molecular complexity index is 872. The van der Waals surface area contributed by atoms with Crippen molar-refractivity contribution in [2.24, 2.45) is 0 Å². The number of rotatable bonds is 6. The number of ketones is 1. The van der Waals surface area contributed by atoms with Crippen molar-refractivity contribution in [3.05, 3.63) is 87.4 Å². The number of ether oxygens (including phenoxy) is 1. The Balaban J connectivity index is 1.61. The maximum absolute atomic E-state index is 12.4. The van der Waals surface area contributed by atoms with Crippen LogP contribution in [0.25, 0.3) is 0 Å². The Labute approximate surface area is 150 Å². The van der Waals surface area contributed by atoms with Gasteiger partial charge in [-0.1, -0.05) is 48.5 Å². The van der Waals surface area contributed by atoms with Crippen LogP contribution in [-0.2, 0) is 11.2 Å². The van der Waals surface area contributed by atoms with Crippen LogP contribution in [-0.4, -0.2) is 23.3 Å². The standard InChI is InChI=1S/C20H17NO3S/c1-14-17(12-13-24-20(23)16-10-6-3-7-11-16)25-19(21-14)18(22)15-8-4-2-5-9-15/h2-11H,12-13H2,1H3. The molecule has 0 amide bonds. The molecular formula is C20H17NO3S.